The van der Waals surface area contributed by atoms with Crippen molar-refractivity contribution in [1.29, 1.82) is 0 Å². The first-order valence-electron chi connectivity index (χ1n) is 10.9. The van der Waals surface area contributed by atoms with E-state index in [2.05, 4.69) is 27.3 Å². The number of hydrogen-bond donors (Lipinski definition) is 2. The largest absolute Gasteiger partial charge is 0.350 e. The molecule has 0 aliphatic carbocycles. The van der Waals surface area contributed by atoms with Gasteiger partial charge in [-0.25, -0.2) is 8.96 Å². The van der Waals surface area contributed by atoms with E-state index in [1.165, 1.54) is 17.7 Å². The topological polar surface area (TPSA) is 70.1 Å². The summed E-state index contributed by atoms with van der Waals surface area (Å²) in [7, 11) is 3.97. The third-order valence-corrected chi connectivity index (χ3v) is 6.08. The molecule has 174 valence electrons. The van der Waals surface area contributed by atoms with Crippen molar-refractivity contribution in [2.75, 3.05) is 20.6 Å². The van der Waals surface area contributed by atoms with Crippen molar-refractivity contribution in [2.24, 2.45) is 0 Å². The minimum absolute atomic E-state index is 0.0516. The normalized spacial score (nSPS) is 12.1. The smallest absolute Gasteiger partial charge is 0.266 e. The van der Waals surface area contributed by atoms with Gasteiger partial charge in [0.2, 0.25) is 0 Å². The van der Waals surface area contributed by atoms with Crippen LogP contribution >= 0.6 is 12.2 Å². The predicted molar refractivity (Wildman–Crippen MR) is 135 cm³/mol. The zero-order valence-electron chi connectivity index (χ0n) is 18.9. The first-order valence-corrected chi connectivity index (χ1v) is 11.3. The summed E-state index contributed by atoms with van der Waals surface area (Å²) in [6.07, 6.45) is 0.800. The van der Waals surface area contributed by atoms with E-state index in [0.717, 1.165) is 11.0 Å². The maximum atomic E-state index is 14.3. The fourth-order valence-corrected chi connectivity index (χ4v) is 4.14. The molecule has 0 aliphatic heterocycles. The van der Waals surface area contributed by atoms with Crippen LogP contribution in [0.5, 0.6) is 0 Å². The molecule has 0 radical (unpaired) electrons. The number of rotatable bonds is 7. The molecule has 0 saturated carbocycles. The number of halogens is 1. The lowest BCUT2D eigenvalue weighted by Crippen LogP contribution is -2.41. The number of likely N-dealkylation sites (N-methyl/N-ethyl adjacent to an activating group) is 1. The highest BCUT2D eigenvalue weighted by atomic mass is 32.1. The molecule has 3 aromatic carbocycles. The molecule has 4 aromatic rings. The molecule has 0 bridgehead atoms. The highest BCUT2D eigenvalue weighted by Gasteiger charge is 2.16. The van der Waals surface area contributed by atoms with E-state index in [1.54, 1.807) is 30.3 Å². The summed E-state index contributed by atoms with van der Waals surface area (Å²) in [5.74, 6) is -0.801. The fraction of sp³-hybridized carbons (Fsp3) is 0.192. The van der Waals surface area contributed by atoms with Gasteiger partial charge in [0.05, 0.1) is 16.6 Å². The molecular weight excluding hydrogens is 451 g/mol. The van der Waals surface area contributed by atoms with E-state index in [1.807, 2.05) is 32.3 Å². The second-order valence-electron chi connectivity index (χ2n) is 8.30. The number of nitrogens with zero attached hydrogens (tertiary/aromatic N) is 2. The number of fused-ring (bicyclic) bond motifs is 1. The van der Waals surface area contributed by atoms with Gasteiger partial charge in [-0.15, -0.1) is 0 Å². The molecule has 0 fully saturated rings. The number of carbonyl (C=O) groups is 1. The van der Waals surface area contributed by atoms with Gasteiger partial charge in [0, 0.05) is 18.2 Å². The molecule has 1 heterocycles. The molecule has 1 amide bonds. The SMILES string of the molecule is CN(C)C(CNC(=O)c1ccc2c(=O)n(-c3ccccc3F)c(=S)[nH]c2c1)Cc1ccccc1. The quantitative estimate of drug-likeness (QED) is 0.394. The van der Waals surface area contributed by atoms with Crippen LogP contribution in [-0.4, -0.2) is 47.0 Å². The van der Waals surface area contributed by atoms with Gasteiger partial charge in [-0.3, -0.25) is 9.59 Å². The zero-order chi connectivity index (χ0) is 24.2. The third-order valence-electron chi connectivity index (χ3n) is 5.80. The van der Waals surface area contributed by atoms with Crippen LogP contribution in [0.3, 0.4) is 0 Å². The predicted octanol–water partition coefficient (Wildman–Crippen LogP) is 4.09. The standard InChI is InChI=1S/C26H25FN4O2S/c1-30(2)19(14-17-8-4-3-5-9-17)16-28-24(32)18-12-13-20-22(15-18)29-26(34)31(25(20)33)23-11-7-6-10-21(23)27/h3-13,15,19H,14,16H2,1-2H3,(H,28,32)(H,29,34). The molecule has 0 saturated heterocycles. The summed E-state index contributed by atoms with van der Waals surface area (Å²) in [5.41, 5.74) is 1.64. The van der Waals surface area contributed by atoms with Crippen LogP contribution < -0.4 is 10.9 Å². The Morgan fingerprint density at radius 1 is 1.09 bits per heavy atom. The zero-order valence-corrected chi connectivity index (χ0v) is 19.7. The van der Waals surface area contributed by atoms with Crippen molar-refractivity contribution in [1.82, 2.24) is 19.8 Å². The van der Waals surface area contributed by atoms with Gasteiger partial charge in [0.25, 0.3) is 11.5 Å². The lowest BCUT2D eigenvalue weighted by molar-refractivity contribution is 0.0942. The Labute approximate surface area is 201 Å². The number of nitrogens with one attached hydrogen (secondary N) is 2. The highest BCUT2D eigenvalue weighted by Crippen LogP contribution is 2.16. The number of para-hydroxylation sites is 1. The molecule has 6 nitrogen and oxygen atoms in total. The molecular formula is C26H25FN4O2S. The Bertz CT molecular complexity index is 1450. The summed E-state index contributed by atoms with van der Waals surface area (Å²) in [5, 5.41) is 3.29. The Hall–Kier alpha value is -3.62. The first-order chi connectivity index (χ1) is 16.3. The molecule has 1 unspecified atom stereocenters. The van der Waals surface area contributed by atoms with Crippen LogP contribution in [0.2, 0.25) is 0 Å². The van der Waals surface area contributed by atoms with E-state index in [0.29, 0.717) is 23.0 Å². The van der Waals surface area contributed by atoms with Crippen molar-refractivity contribution >= 4 is 29.0 Å². The molecule has 0 aliphatic rings. The number of H-pyrrole nitrogens is 1. The van der Waals surface area contributed by atoms with Crippen molar-refractivity contribution in [3.05, 3.63) is 105 Å². The number of aromatic nitrogens is 2. The van der Waals surface area contributed by atoms with Gasteiger partial charge >= 0.3 is 0 Å². The van der Waals surface area contributed by atoms with Crippen molar-refractivity contribution < 1.29 is 9.18 Å². The molecule has 34 heavy (non-hydrogen) atoms. The van der Waals surface area contributed by atoms with E-state index < -0.39 is 11.4 Å². The van der Waals surface area contributed by atoms with E-state index >= 15 is 0 Å². The van der Waals surface area contributed by atoms with E-state index in [9.17, 15) is 14.0 Å². The van der Waals surface area contributed by atoms with Gasteiger partial charge in [-0.1, -0.05) is 42.5 Å². The van der Waals surface area contributed by atoms with Crippen LogP contribution in [0, 0.1) is 10.6 Å². The van der Waals surface area contributed by atoms with Crippen molar-refractivity contribution in [3.8, 4) is 5.69 Å². The third kappa shape index (κ3) is 4.98. The molecule has 2 N–H and O–H groups in total. The van der Waals surface area contributed by atoms with Crippen molar-refractivity contribution in [3.63, 3.8) is 0 Å². The van der Waals surface area contributed by atoms with Crippen LogP contribution in [0.1, 0.15) is 15.9 Å². The molecule has 1 atom stereocenters. The summed E-state index contributed by atoms with van der Waals surface area (Å²) in [6, 6.07) is 20.9. The molecule has 0 spiro atoms. The van der Waals surface area contributed by atoms with Gasteiger partial charge in [0.1, 0.15) is 5.82 Å². The summed E-state index contributed by atoms with van der Waals surface area (Å²) >= 11 is 5.33. The maximum absolute atomic E-state index is 14.3. The average molecular weight is 477 g/mol. The molecule has 8 heteroatoms. The lowest BCUT2D eigenvalue weighted by Gasteiger charge is -2.25. The average Bonchev–Trinajstić information content (AvgIpc) is 2.82. The number of carbonyl (C=O) groups excluding carboxylic acids is 1. The number of benzene rings is 3. The van der Waals surface area contributed by atoms with Gasteiger partial charge in [-0.2, -0.15) is 0 Å². The number of aromatic amines is 1. The monoisotopic (exact) mass is 476 g/mol. The Morgan fingerprint density at radius 2 is 1.79 bits per heavy atom. The minimum Gasteiger partial charge on any atom is -0.350 e. The summed E-state index contributed by atoms with van der Waals surface area (Å²) in [4.78, 5) is 31.0. The Balaban J connectivity index is 1.57. The van der Waals surface area contributed by atoms with E-state index in [-0.39, 0.29) is 22.4 Å². The van der Waals surface area contributed by atoms with Gasteiger partial charge in [-0.05, 0) is 68.6 Å². The van der Waals surface area contributed by atoms with Gasteiger partial charge in [0.15, 0.2) is 4.77 Å². The second kappa shape index (κ2) is 10.1. The van der Waals surface area contributed by atoms with Crippen molar-refractivity contribution in [2.45, 2.75) is 12.5 Å². The number of amides is 1. The first kappa shape index (κ1) is 23.5. The fourth-order valence-electron chi connectivity index (χ4n) is 3.85. The van der Waals surface area contributed by atoms with Gasteiger partial charge < -0.3 is 15.2 Å². The summed E-state index contributed by atoms with van der Waals surface area (Å²) < 4.78 is 15.4. The highest BCUT2D eigenvalue weighted by molar-refractivity contribution is 7.71. The molecule has 1 aromatic heterocycles. The van der Waals surface area contributed by atoms with Crippen LogP contribution in [0.4, 0.5) is 4.39 Å². The second-order valence-corrected chi connectivity index (χ2v) is 8.69. The Morgan fingerprint density at radius 3 is 2.50 bits per heavy atom. The summed E-state index contributed by atoms with van der Waals surface area (Å²) in [6.45, 7) is 0.462. The lowest BCUT2D eigenvalue weighted by atomic mass is 10.0. The number of hydrogen-bond acceptors (Lipinski definition) is 4. The van der Waals surface area contributed by atoms with Crippen LogP contribution in [-0.2, 0) is 6.42 Å². The minimum atomic E-state index is -0.551. The van der Waals surface area contributed by atoms with Crippen LogP contribution in [0.15, 0.2) is 77.6 Å². The Kier molecular flexibility index (Phi) is 7.00. The molecule has 4 rings (SSSR count). The van der Waals surface area contributed by atoms with E-state index in [4.69, 9.17) is 12.2 Å². The van der Waals surface area contributed by atoms with Crippen LogP contribution in [0.25, 0.3) is 16.6 Å². The maximum Gasteiger partial charge on any atom is 0.266 e.